The summed E-state index contributed by atoms with van der Waals surface area (Å²) < 4.78 is 5.01. The van der Waals surface area contributed by atoms with Gasteiger partial charge in [0.05, 0.1) is 33.3 Å². The van der Waals surface area contributed by atoms with Crippen LogP contribution in [-0.2, 0) is 0 Å². The molecule has 0 saturated carbocycles. The molecule has 0 radical (unpaired) electrons. The summed E-state index contributed by atoms with van der Waals surface area (Å²) >= 11 is 0. The van der Waals surface area contributed by atoms with E-state index in [-0.39, 0.29) is 6.71 Å². The molecule has 11 aromatic carbocycles. The van der Waals surface area contributed by atoms with Crippen molar-refractivity contribution in [2.75, 3.05) is 9.80 Å². The SMILES string of the molecule is c1ccc(-c2ccc(N3c4ccc(-c5ccccc5)cc4B4c5cc6c7cccc8c9ccccc9n(c6cc5N(c5ccccc5)c5cc(-n6c9ccccc9c9ccccc96)cc3c54)c87)cc2)cc1. The first kappa shape index (κ1) is 38.6. The van der Waals surface area contributed by atoms with Crippen molar-refractivity contribution in [3.05, 3.63) is 249 Å². The maximum absolute atomic E-state index is 2.57. The van der Waals surface area contributed by atoms with Crippen molar-refractivity contribution in [3.63, 3.8) is 0 Å². The largest absolute Gasteiger partial charge is 0.311 e. The van der Waals surface area contributed by atoms with Gasteiger partial charge in [-0.15, -0.1) is 0 Å². The number of benzene rings is 11. The number of nitrogens with zero attached hydrogens (tertiary/aromatic N) is 4. The summed E-state index contributed by atoms with van der Waals surface area (Å²) in [4.78, 5) is 5.11. The van der Waals surface area contributed by atoms with Gasteiger partial charge in [-0.25, -0.2) is 0 Å². The molecule has 0 bridgehead atoms. The Morgan fingerprint density at radius 3 is 1.41 bits per heavy atom. The Hall–Kier alpha value is -9.32. The zero-order valence-electron chi connectivity index (χ0n) is 38.5. The summed E-state index contributed by atoms with van der Waals surface area (Å²) in [6.07, 6.45) is 0. The Balaban J connectivity index is 1.06. The highest BCUT2D eigenvalue weighted by Gasteiger charge is 2.44. The van der Waals surface area contributed by atoms with E-state index >= 15 is 0 Å². The van der Waals surface area contributed by atoms with Crippen molar-refractivity contribution in [2.24, 2.45) is 0 Å². The van der Waals surface area contributed by atoms with E-state index in [0.717, 1.165) is 17.1 Å². The fraction of sp³-hybridized carbons (Fsp3) is 0. The molecule has 2 aliphatic heterocycles. The summed E-state index contributed by atoms with van der Waals surface area (Å²) in [5.74, 6) is 0. The molecule has 3 aromatic heterocycles. The first-order valence-electron chi connectivity index (χ1n) is 24.6. The van der Waals surface area contributed by atoms with Gasteiger partial charge in [0.25, 0.3) is 6.71 Å². The molecule has 0 amide bonds. The number of rotatable bonds is 5. The van der Waals surface area contributed by atoms with Gasteiger partial charge in [-0.05, 0) is 105 Å². The van der Waals surface area contributed by atoms with Crippen molar-refractivity contribution >= 4 is 117 Å². The molecule has 16 rings (SSSR count). The number of aromatic nitrogens is 2. The van der Waals surface area contributed by atoms with Crippen LogP contribution in [0, 0.1) is 0 Å². The fourth-order valence-electron chi connectivity index (χ4n) is 12.6. The molecule has 0 aliphatic carbocycles. The van der Waals surface area contributed by atoms with Gasteiger partial charge in [0, 0.05) is 66.4 Å². The third-order valence-corrected chi connectivity index (χ3v) is 15.6. The average Bonchev–Trinajstić information content (AvgIpc) is 4.08. The molecule has 0 N–H and O–H groups in total. The summed E-state index contributed by atoms with van der Waals surface area (Å²) in [6, 6.07) is 92.5. The van der Waals surface area contributed by atoms with Crippen molar-refractivity contribution in [2.45, 2.75) is 0 Å². The predicted molar refractivity (Wildman–Crippen MR) is 300 cm³/mol. The van der Waals surface area contributed by atoms with Crippen molar-refractivity contribution in [1.82, 2.24) is 8.97 Å². The van der Waals surface area contributed by atoms with E-state index in [9.17, 15) is 0 Å². The Morgan fingerprint density at radius 1 is 0.268 bits per heavy atom. The lowest BCUT2D eigenvalue weighted by Gasteiger charge is -2.44. The van der Waals surface area contributed by atoms with Gasteiger partial charge in [0.1, 0.15) is 0 Å². The van der Waals surface area contributed by atoms with E-state index in [0.29, 0.717) is 0 Å². The normalized spacial score (nSPS) is 13.0. The van der Waals surface area contributed by atoms with E-state index in [4.69, 9.17) is 0 Å². The predicted octanol–water partition coefficient (Wildman–Crippen LogP) is 15.4. The number of fused-ring (bicyclic) bond motifs is 13. The molecular weight excluding hydrogens is 860 g/mol. The molecule has 328 valence electrons. The molecule has 2 aliphatic rings. The lowest BCUT2D eigenvalue weighted by molar-refractivity contribution is 1.16. The van der Waals surface area contributed by atoms with E-state index < -0.39 is 0 Å². The topological polar surface area (TPSA) is 15.8 Å². The van der Waals surface area contributed by atoms with Crippen LogP contribution in [0.15, 0.2) is 249 Å². The Labute approximate surface area is 410 Å². The molecule has 14 aromatic rings. The Kier molecular flexibility index (Phi) is 7.94. The van der Waals surface area contributed by atoms with E-state index in [1.807, 2.05) is 0 Å². The standard InChI is InChI=1S/C66H41BN4/c1-4-17-42(18-5-1)44-31-34-47(35-32-44)68-60-36-33-45(43-19-6-2-7-20-43)37-55(60)67-56-40-54-53-27-16-26-52-51-25-12-15-30-59(51)71(66(52)53)61(54)41-62(56)69(46-21-8-3-9-22-46)64-39-48(38-63(68)65(64)67)70-57-28-13-10-23-49(57)50-24-11-14-29-58(50)70/h1-41H. The van der Waals surface area contributed by atoms with Gasteiger partial charge >= 0.3 is 0 Å². The molecule has 5 heteroatoms. The highest BCUT2D eigenvalue weighted by Crippen LogP contribution is 2.49. The van der Waals surface area contributed by atoms with Crippen LogP contribution in [0.25, 0.3) is 87.8 Å². The van der Waals surface area contributed by atoms with Gasteiger partial charge in [0.15, 0.2) is 0 Å². The quantitative estimate of drug-likeness (QED) is 0.160. The summed E-state index contributed by atoms with van der Waals surface area (Å²) in [7, 11) is 0. The lowest BCUT2D eigenvalue weighted by atomic mass is 9.33. The molecule has 5 heterocycles. The number of para-hydroxylation sites is 5. The Morgan fingerprint density at radius 2 is 0.746 bits per heavy atom. The smallest absolute Gasteiger partial charge is 0.252 e. The minimum atomic E-state index is -0.0955. The molecule has 4 nitrogen and oxygen atoms in total. The van der Waals surface area contributed by atoms with E-state index in [2.05, 4.69) is 267 Å². The second kappa shape index (κ2) is 14.6. The van der Waals surface area contributed by atoms with Gasteiger partial charge in [0.2, 0.25) is 0 Å². The van der Waals surface area contributed by atoms with Gasteiger partial charge in [-0.3, -0.25) is 0 Å². The third-order valence-electron chi connectivity index (χ3n) is 15.6. The highest BCUT2D eigenvalue weighted by molar-refractivity contribution is 7.00. The zero-order valence-corrected chi connectivity index (χ0v) is 38.5. The van der Waals surface area contributed by atoms with Crippen molar-refractivity contribution < 1.29 is 0 Å². The minimum Gasteiger partial charge on any atom is -0.311 e. The van der Waals surface area contributed by atoms with Crippen molar-refractivity contribution in [1.29, 1.82) is 0 Å². The zero-order chi connectivity index (χ0) is 46.3. The number of hydrogen-bond donors (Lipinski definition) is 0. The van der Waals surface area contributed by atoms with Crippen molar-refractivity contribution in [3.8, 4) is 27.9 Å². The van der Waals surface area contributed by atoms with Crippen LogP contribution >= 0.6 is 0 Å². The second-order valence-corrected chi connectivity index (χ2v) is 19.2. The van der Waals surface area contributed by atoms with Gasteiger partial charge in [-0.1, -0.05) is 182 Å². The first-order chi connectivity index (χ1) is 35.2. The highest BCUT2D eigenvalue weighted by atomic mass is 15.2. The van der Waals surface area contributed by atoms with Crippen LogP contribution in [0.2, 0.25) is 0 Å². The minimum absolute atomic E-state index is 0.0955. The molecule has 0 atom stereocenters. The molecule has 0 spiro atoms. The summed E-state index contributed by atoms with van der Waals surface area (Å²) in [5, 5.41) is 7.61. The molecular formula is C66H41BN4. The van der Waals surface area contributed by atoms with Crippen LogP contribution in [0.3, 0.4) is 0 Å². The summed E-state index contributed by atoms with van der Waals surface area (Å²) in [6.45, 7) is -0.0955. The molecule has 71 heavy (non-hydrogen) atoms. The average molecular weight is 901 g/mol. The molecule has 0 unspecified atom stereocenters. The molecule has 0 fully saturated rings. The monoisotopic (exact) mass is 900 g/mol. The van der Waals surface area contributed by atoms with Crippen LogP contribution < -0.4 is 26.2 Å². The molecule has 0 saturated heterocycles. The maximum Gasteiger partial charge on any atom is 0.252 e. The van der Waals surface area contributed by atoms with Crippen LogP contribution in [0.1, 0.15) is 0 Å². The van der Waals surface area contributed by atoms with E-state index in [1.165, 1.54) is 121 Å². The first-order valence-corrected chi connectivity index (χ1v) is 24.6. The van der Waals surface area contributed by atoms with E-state index in [1.54, 1.807) is 0 Å². The van der Waals surface area contributed by atoms with Crippen LogP contribution in [-0.4, -0.2) is 15.7 Å². The third kappa shape index (κ3) is 5.40. The fourth-order valence-corrected chi connectivity index (χ4v) is 12.6. The summed E-state index contributed by atoms with van der Waals surface area (Å²) in [5.41, 5.74) is 22.8. The number of anilines is 6. The maximum atomic E-state index is 2.57. The lowest BCUT2D eigenvalue weighted by Crippen LogP contribution is -2.61. The van der Waals surface area contributed by atoms with Gasteiger partial charge < -0.3 is 18.8 Å². The van der Waals surface area contributed by atoms with Crippen LogP contribution in [0.4, 0.5) is 34.1 Å². The Bertz CT molecular complexity index is 4410. The van der Waals surface area contributed by atoms with Crippen LogP contribution in [0.5, 0.6) is 0 Å². The number of hydrogen-bond acceptors (Lipinski definition) is 2. The second-order valence-electron chi connectivity index (χ2n) is 19.2. The van der Waals surface area contributed by atoms with Gasteiger partial charge in [-0.2, -0.15) is 0 Å².